The maximum absolute atomic E-state index is 14.3. The molecule has 0 aliphatic carbocycles. The SMILES string of the molecule is Cc1c(F)c(F)c(C(F)(F)c2c(F)c(F)c(C)c(F)c2F)c(F)c1F. The minimum atomic E-state index is -5.47. The normalized spacial score (nSPS) is 12.0. The minimum absolute atomic E-state index is 0.519. The van der Waals surface area contributed by atoms with Gasteiger partial charge in [-0.05, 0) is 13.8 Å². The average molecular weight is 376 g/mol. The third kappa shape index (κ3) is 2.54. The molecule has 0 unspecified atom stereocenters. The molecule has 10 heteroatoms. The van der Waals surface area contributed by atoms with E-state index in [2.05, 4.69) is 0 Å². The van der Waals surface area contributed by atoms with E-state index in [1.807, 2.05) is 0 Å². The number of benzene rings is 2. The molecule has 2 aromatic rings. The van der Waals surface area contributed by atoms with Crippen molar-refractivity contribution in [1.29, 1.82) is 0 Å². The zero-order valence-corrected chi connectivity index (χ0v) is 12.3. The van der Waals surface area contributed by atoms with Crippen LogP contribution in [0.4, 0.5) is 43.9 Å². The molecule has 0 saturated heterocycles. The summed E-state index contributed by atoms with van der Waals surface area (Å²) in [7, 11) is 0. The molecule has 0 N–H and O–H groups in total. The molecule has 25 heavy (non-hydrogen) atoms. The molecular weight excluding hydrogens is 370 g/mol. The van der Waals surface area contributed by atoms with Crippen molar-refractivity contribution in [2.24, 2.45) is 0 Å². The van der Waals surface area contributed by atoms with Gasteiger partial charge in [0.15, 0.2) is 46.5 Å². The number of hydrogen-bond donors (Lipinski definition) is 0. The van der Waals surface area contributed by atoms with E-state index >= 15 is 0 Å². The summed E-state index contributed by atoms with van der Waals surface area (Å²) in [6.45, 7) is 1.04. The Labute approximate surface area is 133 Å². The fourth-order valence-corrected chi connectivity index (χ4v) is 2.16. The lowest BCUT2D eigenvalue weighted by Crippen LogP contribution is -2.26. The quantitative estimate of drug-likeness (QED) is 0.476. The maximum atomic E-state index is 14.3. The molecule has 0 aliphatic rings. The highest BCUT2D eigenvalue weighted by Crippen LogP contribution is 2.44. The van der Waals surface area contributed by atoms with Crippen LogP contribution in [0.25, 0.3) is 0 Å². The minimum Gasteiger partial charge on any atom is -0.203 e. The van der Waals surface area contributed by atoms with Gasteiger partial charge in [-0.2, -0.15) is 8.78 Å². The third-order valence-electron chi connectivity index (χ3n) is 3.59. The van der Waals surface area contributed by atoms with Gasteiger partial charge in [-0.15, -0.1) is 0 Å². The van der Waals surface area contributed by atoms with Crippen LogP contribution in [0.1, 0.15) is 22.3 Å². The number of hydrogen-bond acceptors (Lipinski definition) is 0. The second kappa shape index (κ2) is 5.92. The van der Waals surface area contributed by atoms with Crippen LogP contribution in [0, 0.1) is 60.4 Å². The molecule has 0 saturated carbocycles. The molecule has 2 rings (SSSR count). The van der Waals surface area contributed by atoms with Crippen LogP contribution in [0.5, 0.6) is 0 Å². The first-order chi connectivity index (χ1) is 11.4. The maximum Gasteiger partial charge on any atom is 0.310 e. The van der Waals surface area contributed by atoms with Crippen LogP contribution in [0.15, 0.2) is 0 Å². The van der Waals surface area contributed by atoms with Crippen molar-refractivity contribution in [3.05, 3.63) is 68.8 Å². The Hall–Kier alpha value is -2.26. The highest BCUT2D eigenvalue weighted by Gasteiger charge is 2.48. The van der Waals surface area contributed by atoms with E-state index in [4.69, 9.17) is 0 Å². The molecule has 0 atom stereocenters. The summed E-state index contributed by atoms with van der Waals surface area (Å²) in [6, 6.07) is 0. The summed E-state index contributed by atoms with van der Waals surface area (Å²) in [4.78, 5) is 0. The number of alkyl halides is 2. The highest BCUT2D eigenvalue weighted by atomic mass is 19.3. The van der Waals surface area contributed by atoms with Crippen LogP contribution < -0.4 is 0 Å². The van der Waals surface area contributed by atoms with Gasteiger partial charge in [0, 0.05) is 11.1 Å². The van der Waals surface area contributed by atoms with Gasteiger partial charge in [0.05, 0.1) is 0 Å². The topological polar surface area (TPSA) is 0 Å². The van der Waals surface area contributed by atoms with Crippen LogP contribution >= 0.6 is 0 Å². The molecule has 0 aliphatic heterocycles. The van der Waals surface area contributed by atoms with Crippen LogP contribution in [-0.2, 0) is 5.92 Å². The molecule has 136 valence electrons. The van der Waals surface area contributed by atoms with Crippen LogP contribution in [0.3, 0.4) is 0 Å². The van der Waals surface area contributed by atoms with Gasteiger partial charge in [0.25, 0.3) is 0 Å². The van der Waals surface area contributed by atoms with E-state index < -0.39 is 74.7 Å². The average Bonchev–Trinajstić information content (AvgIpc) is 2.54. The predicted octanol–water partition coefficient (Wildman–Crippen LogP) is 5.56. The van der Waals surface area contributed by atoms with Crippen LogP contribution in [-0.4, -0.2) is 0 Å². The summed E-state index contributed by atoms with van der Waals surface area (Å²) in [6.07, 6.45) is 0. The Morgan fingerprint density at radius 2 is 0.640 bits per heavy atom. The van der Waals surface area contributed by atoms with Crippen molar-refractivity contribution in [2.45, 2.75) is 19.8 Å². The molecule has 0 amide bonds. The van der Waals surface area contributed by atoms with Crippen molar-refractivity contribution >= 4 is 0 Å². The second-order valence-corrected chi connectivity index (χ2v) is 5.09. The first kappa shape index (κ1) is 19.1. The first-order valence-corrected chi connectivity index (χ1v) is 6.39. The van der Waals surface area contributed by atoms with E-state index in [9.17, 15) is 43.9 Å². The van der Waals surface area contributed by atoms with E-state index in [1.165, 1.54) is 0 Å². The molecular formula is C15H6F10. The Morgan fingerprint density at radius 1 is 0.440 bits per heavy atom. The van der Waals surface area contributed by atoms with E-state index in [-0.39, 0.29) is 0 Å². The Balaban J connectivity index is 2.96. The fourth-order valence-electron chi connectivity index (χ4n) is 2.16. The van der Waals surface area contributed by atoms with Crippen molar-refractivity contribution in [1.82, 2.24) is 0 Å². The highest BCUT2D eigenvalue weighted by molar-refractivity contribution is 5.41. The zero-order chi connectivity index (χ0) is 19.4. The zero-order valence-electron chi connectivity index (χ0n) is 12.3. The van der Waals surface area contributed by atoms with Gasteiger partial charge in [0.1, 0.15) is 11.1 Å². The third-order valence-corrected chi connectivity index (χ3v) is 3.59. The van der Waals surface area contributed by atoms with Gasteiger partial charge in [-0.3, -0.25) is 0 Å². The monoisotopic (exact) mass is 376 g/mol. The van der Waals surface area contributed by atoms with Crippen molar-refractivity contribution < 1.29 is 43.9 Å². The van der Waals surface area contributed by atoms with Gasteiger partial charge in [-0.1, -0.05) is 0 Å². The molecule has 0 nitrogen and oxygen atoms in total. The lowest BCUT2D eigenvalue weighted by molar-refractivity contribution is 0.0235. The molecule has 0 aromatic heterocycles. The number of rotatable bonds is 2. The first-order valence-electron chi connectivity index (χ1n) is 6.39. The Kier molecular flexibility index (Phi) is 4.52. The van der Waals surface area contributed by atoms with Gasteiger partial charge < -0.3 is 0 Å². The molecule has 0 spiro atoms. The Bertz CT molecular complexity index is 755. The lowest BCUT2D eigenvalue weighted by Gasteiger charge is -2.22. The second-order valence-electron chi connectivity index (χ2n) is 5.09. The molecule has 0 fully saturated rings. The summed E-state index contributed by atoms with van der Waals surface area (Å²) in [5.41, 5.74) is -8.05. The standard InChI is InChI=1S/C15H6F10/c1-3-7(16)11(20)5(12(21)8(3)17)15(24,25)6-13(22)9(18)4(2)10(19)14(6)23/h1-2H3. The van der Waals surface area contributed by atoms with Gasteiger partial charge in [0.2, 0.25) is 0 Å². The lowest BCUT2D eigenvalue weighted by atomic mass is 9.95. The number of halogens is 10. The summed E-state index contributed by atoms with van der Waals surface area (Å²) < 4.78 is 137. The fraction of sp³-hybridized carbons (Fsp3) is 0.200. The Morgan fingerprint density at radius 3 is 0.840 bits per heavy atom. The molecule has 0 radical (unpaired) electrons. The molecule has 0 bridgehead atoms. The van der Waals surface area contributed by atoms with E-state index in [0.29, 0.717) is 13.8 Å². The van der Waals surface area contributed by atoms with Crippen molar-refractivity contribution in [3.8, 4) is 0 Å². The van der Waals surface area contributed by atoms with Crippen molar-refractivity contribution in [3.63, 3.8) is 0 Å². The molecule has 0 heterocycles. The summed E-state index contributed by atoms with van der Waals surface area (Å²) >= 11 is 0. The molecule has 2 aromatic carbocycles. The van der Waals surface area contributed by atoms with E-state index in [0.717, 1.165) is 0 Å². The van der Waals surface area contributed by atoms with Gasteiger partial charge >= 0.3 is 5.92 Å². The van der Waals surface area contributed by atoms with Crippen LogP contribution in [0.2, 0.25) is 0 Å². The smallest absolute Gasteiger partial charge is 0.203 e. The van der Waals surface area contributed by atoms with Crippen molar-refractivity contribution in [2.75, 3.05) is 0 Å². The van der Waals surface area contributed by atoms with Gasteiger partial charge in [-0.25, -0.2) is 35.1 Å². The summed E-state index contributed by atoms with van der Waals surface area (Å²) in [5, 5.41) is 0. The predicted molar refractivity (Wildman–Crippen MR) is 65.0 cm³/mol. The summed E-state index contributed by atoms with van der Waals surface area (Å²) in [5.74, 6) is -25.1. The largest absolute Gasteiger partial charge is 0.310 e. The van der Waals surface area contributed by atoms with E-state index in [1.54, 1.807) is 0 Å².